The average Bonchev–Trinajstić information content (AvgIpc) is 2.09. The van der Waals surface area contributed by atoms with Crippen LogP contribution < -0.4 is 5.73 Å². The zero-order valence-corrected chi connectivity index (χ0v) is 7.41. The minimum absolute atomic E-state index is 0.0308. The maximum Gasteiger partial charge on any atom is 0.127 e. The van der Waals surface area contributed by atoms with Gasteiger partial charge in [0.15, 0.2) is 0 Å². The fourth-order valence-electron chi connectivity index (χ4n) is 1.20. The summed E-state index contributed by atoms with van der Waals surface area (Å²) in [6.45, 7) is 1.51. The van der Waals surface area contributed by atoms with Gasteiger partial charge in [-0.15, -0.1) is 0 Å². The first-order valence-electron chi connectivity index (χ1n) is 3.98. The number of benzene rings is 1. The molecule has 0 aliphatic heterocycles. The Labute approximate surface area is 76.2 Å². The summed E-state index contributed by atoms with van der Waals surface area (Å²) in [5.41, 5.74) is 6.72. The fourth-order valence-corrected chi connectivity index (χ4v) is 1.20. The number of nitrogens with two attached hydrogens (primary N) is 1. The minimum atomic E-state index is -0.0814. The molecule has 0 aliphatic rings. The Hall–Kier alpha value is -1.42. The lowest BCUT2D eigenvalue weighted by Crippen LogP contribution is -1.99. The van der Waals surface area contributed by atoms with Crippen LogP contribution in [0.2, 0.25) is 0 Å². The first kappa shape index (κ1) is 9.67. The number of aliphatic hydroxyl groups excluding tert-OH is 1. The van der Waals surface area contributed by atoms with Crippen LogP contribution in [0.4, 0.5) is 5.69 Å². The Kier molecular flexibility index (Phi) is 2.63. The maximum absolute atomic E-state index is 9.54. The standard InChI is InChI=1S/C9H13NO3/c1-5-8(12)4-7(10)6(2-3-11)9(5)13/h4,11-13H,2-3,10H2,1H3. The third-order valence-electron chi connectivity index (χ3n) is 2.03. The molecule has 1 aromatic rings. The molecule has 0 bridgehead atoms. The van der Waals surface area contributed by atoms with Crippen molar-refractivity contribution in [3.8, 4) is 11.5 Å². The Balaban J connectivity index is 3.26. The molecule has 0 saturated heterocycles. The van der Waals surface area contributed by atoms with E-state index in [9.17, 15) is 10.2 Å². The number of nitrogen functional groups attached to an aromatic ring is 1. The monoisotopic (exact) mass is 183 g/mol. The summed E-state index contributed by atoms with van der Waals surface area (Å²) in [5.74, 6) is -0.0664. The van der Waals surface area contributed by atoms with E-state index in [-0.39, 0.29) is 18.1 Å². The topological polar surface area (TPSA) is 86.7 Å². The zero-order valence-electron chi connectivity index (χ0n) is 7.41. The first-order valence-corrected chi connectivity index (χ1v) is 3.98. The highest BCUT2D eigenvalue weighted by molar-refractivity contribution is 5.62. The van der Waals surface area contributed by atoms with Crippen molar-refractivity contribution >= 4 is 5.69 Å². The van der Waals surface area contributed by atoms with Gasteiger partial charge in [-0.3, -0.25) is 0 Å². The van der Waals surface area contributed by atoms with Crippen molar-refractivity contribution in [1.29, 1.82) is 0 Å². The number of hydrogen-bond acceptors (Lipinski definition) is 4. The van der Waals surface area contributed by atoms with Crippen molar-refractivity contribution in [2.45, 2.75) is 13.3 Å². The molecule has 0 aliphatic carbocycles. The summed E-state index contributed by atoms with van der Waals surface area (Å²) in [6, 6.07) is 1.38. The molecule has 0 fully saturated rings. The van der Waals surface area contributed by atoms with Crippen molar-refractivity contribution in [2.24, 2.45) is 0 Å². The largest absolute Gasteiger partial charge is 0.507 e. The van der Waals surface area contributed by atoms with E-state index in [1.54, 1.807) is 6.92 Å². The van der Waals surface area contributed by atoms with Gasteiger partial charge in [0.1, 0.15) is 11.5 Å². The number of anilines is 1. The van der Waals surface area contributed by atoms with Crippen molar-refractivity contribution in [1.82, 2.24) is 0 Å². The maximum atomic E-state index is 9.54. The highest BCUT2D eigenvalue weighted by Crippen LogP contribution is 2.34. The van der Waals surface area contributed by atoms with Crippen LogP contribution in [-0.2, 0) is 6.42 Å². The van der Waals surface area contributed by atoms with E-state index < -0.39 is 0 Å². The second-order valence-corrected chi connectivity index (χ2v) is 2.91. The van der Waals surface area contributed by atoms with Crippen molar-refractivity contribution in [2.75, 3.05) is 12.3 Å². The minimum Gasteiger partial charge on any atom is -0.507 e. The van der Waals surface area contributed by atoms with Crippen LogP contribution in [-0.4, -0.2) is 21.9 Å². The van der Waals surface area contributed by atoms with Gasteiger partial charge in [0.2, 0.25) is 0 Å². The first-order chi connectivity index (χ1) is 6.07. The normalized spacial score (nSPS) is 10.3. The van der Waals surface area contributed by atoms with Gasteiger partial charge in [0, 0.05) is 35.9 Å². The lowest BCUT2D eigenvalue weighted by molar-refractivity contribution is 0.297. The van der Waals surface area contributed by atoms with Crippen LogP contribution >= 0.6 is 0 Å². The third kappa shape index (κ3) is 1.67. The van der Waals surface area contributed by atoms with Gasteiger partial charge in [-0.1, -0.05) is 0 Å². The Morgan fingerprint density at radius 3 is 2.54 bits per heavy atom. The smallest absolute Gasteiger partial charge is 0.127 e. The number of rotatable bonds is 2. The van der Waals surface area contributed by atoms with Crippen LogP contribution in [0.25, 0.3) is 0 Å². The second-order valence-electron chi connectivity index (χ2n) is 2.91. The summed E-state index contributed by atoms with van der Waals surface area (Å²) >= 11 is 0. The van der Waals surface area contributed by atoms with E-state index in [0.29, 0.717) is 23.2 Å². The Morgan fingerprint density at radius 1 is 1.38 bits per heavy atom. The Morgan fingerprint density at radius 2 is 2.00 bits per heavy atom. The van der Waals surface area contributed by atoms with E-state index in [2.05, 4.69) is 0 Å². The van der Waals surface area contributed by atoms with Gasteiger partial charge in [-0.2, -0.15) is 0 Å². The van der Waals surface area contributed by atoms with Crippen LogP contribution in [0.1, 0.15) is 11.1 Å². The molecule has 4 nitrogen and oxygen atoms in total. The van der Waals surface area contributed by atoms with Gasteiger partial charge >= 0.3 is 0 Å². The SMILES string of the molecule is Cc1c(O)cc(N)c(CCO)c1O. The molecule has 0 saturated carbocycles. The highest BCUT2D eigenvalue weighted by atomic mass is 16.3. The predicted molar refractivity (Wildman–Crippen MR) is 49.7 cm³/mol. The fraction of sp³-hybridized carbons (Fsp3) is 0.333. The molecule has 0 unspecified atom stereocenters. The van der Waals surface area contributed by atoms with E-state index in [4.69, 9.17) is 10.8 Å². The summed E-state index contributed by atoms with van der Waals surface area (Å²) in [6.07, 6.45) is 0.290. The van der Waals surface area contributed by atoms with Crippen LogP contribution in [0.5, 0.6) is 11.5 Å². The third-order valence-corrected chi connectivity index (χ3v) is 2.03. The lowest BCUT2D eigenvalue weighted by atomic mass is 10.0. The summed E-state index contributed by atoms with van der Waals surface area (Å²) in [5, 5.41) is 27.5. The van der Waals surface area contributed by atoms with Gasteiger partial charge in [-0.05, 0) is 6.92 Å². The van der Waals surface area contributed by atoms with Gasteiger partial charge in [-0.25, -0.2) is 0 Å². The van der Waals surface area contributed by atoms with Crippen molar-refractivity contribution in [3.63, 3.8) is 0 Å². The van der Waals surface area contributed by atoms with Crippen molar-refractivity contribution in [3.05, 3.63) is 17.2 Å². The number of aromatic hydroxyl groups is 2. The van der Waals surface area contributed by atoms with E-state index in [1.165, 1.54) is 6.07 Å². The number of phenolic OH excluding ortho intramolecular Hbond substituents is 2. The summed E-state index contributed by atoms with van der Waals surface area (Å²) < 4.78 is 0. The van der Waals surface area contributed by atoms with Gasteiger partial charge in [0.25, 0.3) is 0 Å². The van der Waals surface area contributed by atoms with Gasteiger partial charge < -0.3 is 21.1 Å². The quantitative estimate of drug-likeness (QED) is 0.503. The van der Waals surface area contributed by atoms with E-state index >= 15 is 0 Å². The second kappa shape index (κ2) is 3.53. The molecule has 1 rings (SSSR count). The number of hydrogen-bond donors (Lipinski definition) is 4. The molecule has 0 atom stereocenters. The summed E-state index contributed by atoms with van der Waals surface area (Å²) in [4.78, 5) is 0. The lowest BCUT2D eigenvalue weighted by Gasteiger charge is -2.10. The molecule has 1 aromatic carbocycles. The Bertz CT molecular complexity index is 323. The molecule has 4 heteroatoms. The van der Waals surface area contributed by atoms with Crippen molar-refractivity contribution < 1.29 is 15.3 Å². The molecule has 0 amide bonds. The number of aliphatic hydroxyl groups is 1. The number of phenols is 2. The zero-order chi connectivity index (χ0) is 10.0. The molecule has 72 valence electrons. The molecular weight excluding hydrogens is 170 g/mol. The van der Waals surface area contributed by atoms with E-state index in [0.717, 1.165) is 0 Å². The molecule has 0 aromatic heterocycles. The van der Waals surface area contributed by atoms with Crippen LogP contribution in [0, 0.1) is 6.92 Å². The van der Waals surface area contributed by atoms with Crippen LogP contribution in [0.3, 0.4) is 0 Å². The predicted octanol–water partition coefficient (Wildman–Crippen LogP) is 0.523. The molecule has 5 N–H and O–H groups in total. The van der Waals surface area contributed by atoms with Crippen LogP contribution in [0.15, 0.2) is 6.07 Å². The van der Waals surface area contributed by atoms with Gasteiger partial charge in [0.05, 0.1) is 0 Å². The summed E-state index contributed by atoms with van der Waals surface area (Å²) in [7, 11) is 0. The molecule has 0 spiro atoms. The van der Waals surface area contributed by atoms with E-state index in [1.807, 2.05) is 0 Å². The highest BCUT2D eigenvalue weighted by Gasteiger charge is 2.11. The molecular formula is C9H13NO3. The average molecular weight is 183 g/mol. The molecule has 13 heavy (non-hydrogen) atoms. The molecule has 0 heterocycles. The molecule has 0 radical (unpaired) electrons.